The highest BCUT2D eigenvalue weighted by Crippen LogP contribution is 2.29. The Bertz CT molecular complexity index is 649. The van der Waals surface area contributed by atoms with Gasteiger partial charge in [0, 0.05) is 6.54 Å². The first-order valence-corrected chi connectivity index (χ1v) is 8.17. The van der Waals surface area contributed by atoms with Gasteiger partial charge in [-0.05, 0) is 18.1 Å². The van der Waals surface area contributed by atoms with Crippen molar-refractivity contribution in [3.63, 3.8) is 0 Å². The number of benzene rings is 1. The Morgan fingerprint density at radius 1 is 1.38 bits per heavy atom. The van der Waals surface area contributed by atoms with E-state index in [0.29, 0.717) is 0 Å². The van der Waals surface area contributed by atoms with Crippen LogP contribution in [0.1, 0.15) is 13.8 Å². The normalized spacial score (nSPS) is 13.4. The number of nitrogens with one attached hydrogen (secondary N) is 1. The summed E-state index contributed by atoms with van der Waals surface area (Å²) in [4.78, 5) is 10.5. The molecule has 0 radical (unpaired) electrons. The van der Waals surface area contributed by atoms with Crippen LogP contribution in [0.2, 0.25) is 10.0 Å². The van der Waals surface area contributed by atoms with Crippen LogP contribution in [-0.2, 0) is 14.8 Å². The van der Waals surface area contributed by atoms with E-state index in [4.69, 9.17) is 28.3 Å². The zero-order chi connectivity index (χ0) is 16.4. The van der Waals surface area contributed by atoms with E-state index in [1.165, 1.54) is 0 Å². The molecule has 118 valence electrons. The number of carbonyl (C=O) groups is 1. The summed E-state index contributed by atoms with van der Waals surface area (Å²) in [6.45, 7) is 2.99. The van der Waals surface area contributed by atoms with Gasteiger partial charge in [0.2, 0.25) is 10.0 Å². The van der Waals surface area contributed by atoms with E-state index in [1.807, 2.05) is 0 Å². The van der Waals surface area contributed by atoms with Crippen LogP contribution in [0, 0.1) is 17.7 Å². The predicted molar refractivity (Wildman–Crippen MR) is 77.6 cm³/mol. The molecule has 0 aliphatic rings. The molecule has 0 saturated heterocycles. The lowest BCUT2D eigenvalue weighted by molar-refractivity contribution is -0.142. The quantitative estimate of drug-likeness (QED) is 0.766. The number of carboxylic acid groups (broad SMARTS) is 1. The topological polar surface area (TPSA) is 83.5 Å². The molecule has 0 aliphatic carbocycles. The fourth-order valence-electron chi connectivity index (χ4n) is 1.60. The first kappa shape index (κ1) is 18.2. The van der Waals surface area contributed by atoms with E-state index < -0.39 is 37.6 Å². The fraction of sp³-hybridized carbons (Fsp3) is 0.417. The lowest BCUT2D eigenvalue weighted by Gasteiger charge is -2.17. The number of sulfonamides is 1. The van der Waals surface area contributed by atoms with Crippen molar-refractivity contribution in [3.8, 4) is 0 Å². The number of halogens is 3. The van der Waals surface area contributed by atoms with Crippen LogP contribution in [0.4, 0.5) is 4.39 Å². The molecular weight excluding hydrogens is 344 g/mol. The number of aliphatic carboxylic acids is 1. The van der Waals surface area contributed by atoms with Crippen molar-refractivity contribution in [2.75, 3.05) is 6.54 Å². The summed E-state index contributed by atoms with van der Waals surface area (Å²) < 4.78 is 39.8. The van der Waals surface area contributed by atoms with E-state index in [2.05, 4.69) is 4.72 Å². The molecule has 5 nitrogen and oxygen atoms in total. The summed E-state index contributed by atoms with van der Waals surface area (Å²) in [6, 6.07) is 2.12. The van der Waals surface area contributed by atoms with Crippen molar-refractivity contribution < 1.29 is 22.7 Å². The van der Waals surface area contributed by atoms with Crippen molar-refractivity contribution in [1.82, 2.24) is 4.72 Å². The van der Waals surface area contributed by atoms with E-state index >= 15 is 0 Å². The first-order valence-electron chi connectivity index (χ1n) is 5.94. The molecule has 1 aromatic rings. The second-order valence-electron chi connectivity index (χ2n) is 4.71. The molecule has 0 spiro atoms. The maximum atomic E-state index is 13.5. The van der Waals surface area contributed by atoms with E-state index in [9.17, 15) is 17.6 Å². The number of rotatable bonds is 6. The van der Waals surface area contributed by atoms with Crippen molar-refractivity contribution in [2.24, 2.45) is 11.8 Å². The molecule has 0 fully saturated rings. The van der Waals surface area contributed by atoms with Gasteiger partial charge in [-0.25, -0.2) is 17.5 Å². The number of hydrogen-bond donors (Lipinski definition) is 2. The van der Waals surface area contributed by atoms with Gasteiger partial charge in [-0.15, -0.1) is 0 Å². The summed E-state index contributed by atoms with van der Waals surface area (Å²) in [6.07, 6.45) is 0. The molecule has 1 atom stereocenters. The van der Waals surface area contributed by atoms with Gasteiger partial charge < -0.3 is 5.11 Å². The fourth-order valence-corrected chi connectivity index (χ4v) is 3.40. The highest BCUT2D eigenvalue weighted by molar-refractivity contribution is 7.89. The summed E-state index contributed by atoms with van der Waals surface area (Å²) in [7, 11) is -4.14. The van der Waals surface area contributed by atoms with Crippen LogP contribution in [-0.4, -0.2) is 26.0 Å². The average Bonchev–Trinajstić information content (AvgIpc) is 2.34. The van der Waals surface area contributed by atoms with Crippen LogP contribution in [0.5, 0.6) is 0 Å². The highest BCUT2D eigenvalue weighted by Gasteiger charge is 2.26. The zero-order valence-electron chi connectivity index (χ0n) is 11.2. The van der Waals surface area contributed by atoms with Gasteiger partial charge in [0.25, 0.3) is 0 Å². The Morgan fingerprint density at radius 2 is 1.95 bits per heavy atom. The third kappa shape index (κ3) is 4.29. The SMILES string of the molecule is CC(C)C(CNS(=O)(=O)c1ccc(Cl)c(F)c1Cl)C(=O)O. The molecule has 0 saturated carbocycles. The van der Waals surface area contributed by atoms with E-state index in [1.54, 1.807) is 13.8 Å². The van der Waals surface area contributed by atoms with Crippen LogP contribution >= 0.6 is 23.2 Å². The maximum Gasteiger partial charge on any atom is 0.308 e. The molecule has 9 heteroatoms. The molecule has 0 amide bonds. The Labute approximate surface area is 132 Å². The number of carboxylic acids is 1. The smallest absolute Gasteiger partial charge is 0.308 e. The molecule has 0 aliphatic heterocycles. The second kappa shape index (κ2) is 6.91. The Kier molecular flexibility index (Phi) is 5.98. The zero-order valence-corrected chi connectivity index (χ0v) is 13.6. The molecule has 2 N–H and O–H groups in total. The molecule has 1 unspecified atom stereocenters. The summed E-state index contributed by atoms with van der Waals surface area (Å²) in [5.41, 5.74) is 0. The Hall–Kier alpha value is -0.890. The molecule has 0 bridgehead atoms. The van der Waals surface area contributed by atoms with Gasteiger partial charge in [-0.2, -0.15) is 0 Å². The van der Waals surface area contributed by atoms with E-state index in [-0.39, 0.29) is 17.5 Å². The monoisotopic (exact) mass is 357 g/mol. The van der Waals surface area contributed by atoms with Gasteiger partial charge in [-0.3, -0.25) is 4.79 Å². The maximum absolute atomic E-state index is 13.5. The standard InChI is InChI=1S/C12H14Cl2FNO4S/c1-6(2)7(12(17)18)5-16-21(19,20)9-4-3-8(13)11(15)10(9)14/h3-4,6-7,16H,5H2,1-2H3,(H,17,18). The molecule has 0 aromatic heterocycles. The minimum absolute atomic E-state index is 0.275. The van der Waals surface area contributed by atoms with Crippen LogP contribution in [0.25, 0.3) is 0 Å². The predicted octanol–water partition coefficient (Wildman–Crippen LogP) is 2.77. The molecule has 21 heavy (non-hydrogen) atoms. The summed E-state index contributed by atoms with van der Waals surface area (Å²) >= 11 is 11.1. The number of hydrogen-bond acceptors (Lipinski definition) is 3. The lowest BCUT2D eigenvalue weighted by atomic mass is 9.97. The Morgan fingerprint density at radius 3 is 2.43 bits per heavy atom. The van der Waals surface area contributed by atoms with Gasteiger partial charge in [0.1, 0.15) is 4.90 Å². The third-order valence-corrected chi connectivity index (χ3v) is 5.14. The third-order valence-electron chi connectivity index (χ3n) is 2.90. The van der Waals surface area contributed by atoms with Crippen LogP contribution in [0.15, 0.2) is 17.0 Å². The van der Waals surface area contributed by atoms with Gasteiger partial charge in [0.05, 0.1) is 16.0 Å². The summed E-state index contributed by atoms with van der Waals surface area (Å²) in [5.74, 6) is -3.35. The largest absolute Gasteiger partial charge is 0.481 e. The molecule has 0 heterocycles. The Balaban J connectivity index is 3.03. The molecular formula is C12H14Cl2FNO4S. The van der Waals surface area contributed by atoms with Crippen LogP contribution in [0.3, 0.4) is 0 Å². The van der Waals surface area contributed by atoms with Crippen LogP contribution < -0.4 is 4.72 Å². The van der Waals surface area contributed by atoms with Crippen molar-refractivity contribution >= 4 is 39.2 Å². The highest BCUT2D eigenvalue weighted by atomic mass is 35.5. The van der Waals surface area contributed by atoms with Crippen molar-refractivity contribution in [1.29, 1.82) is 0 Å². The minimum atomic E-state index is -4.14. The van der Waals surface area contributed by atoms with Crippen molar-refractivity contribution in [2.45, 2.75) is 18.7 Å². The lowest BCUT2D eigenvalue weighted by Crippen LogP contribution is -2.35. The molecule has 1 aromatic carbocycles. The summed E-state index contributed by atoms with van der Waals surface area (Å²) in [5, 5.41) is 8.07. The second-order valence-corrected chi connectivity index (χ2v) is 7.23. The van der Waals surface area contributed by atoms with Gasteiger partial charge in [-0.1, -0.05) is 37.0 Å². The molecule has 1 rings (SSSR count). The van der Waals surface area contributed by atoms with Gasteiger partial charge in [0.15, 0.2) is 5.82 Å². The minimum Gasteiger partial charge on any atom is -0.481 e. The van der Waals surface area contributed by atoms with Gasteiger partial charge >= 0.3 is 5.97 Å². The first-order chi connectivity index (χ1) is 9.58. The van der Waals surface area contributed by atoms with Crippen molar-refractivity contribution in [3.05, 3.63) is 28.0 Å². The van der Waals surface area contributed by atoms with E-state index in [0.717, 1.165) is 12.1 Å². The average molecular weight is 358 g/mol.